The molecule has 0 saturated carbocycles. The van der Waals surface area contributed by atoms with Gasteiger partial charge in [0.25, 0.3) is 5.91 Å². The first kappa shape index (κ1) is 15.5. The Bertz CT molecular complexity index is 451. The van der Waals surface area contributed by atoms with E-state index in [4.69, 9.17) is 22.7 Å². The number of carbonyl (C=O) groups is 1. The van der Waals surface area contributed by atoms with Crippen LogP contribution in [-0.2, 0) is 4.74 Å². The van der Waals surface area contributed by atoms with Crippen LogP contribution in [-0.4, -0.2) is 47.6 Å². The average Bonchev–Trinajstić information content (AvgIpc) is 2.38. The third-order valence-corrected chi connectivity index (χ3v) is 2.92. The Balaban J connectivity index is 2.81. The first-order valence-corrected chi connectivity index (χ1v) is 6.45. The lowest BCUT2D eigenvalue weighted by molar-refractivity contribution is 0.0700. The molecule has 1 heterocycles. The lowest BCUT2D eigenvalue weighted by atomic mass is 10.1. The minimum absolute atomic E-state index is 0.0705. The molecule has 1 aromatic heterocycles. The van der Waals surface area contributed by atoms with Crippen LogP contribution < -0.4 is 5.73 Å². The summed E-state index contributed by atoms with van der Waals surface area (Å²) in [5, 5.41) is 0. The molecule has 1 amide bonds. The maximum absolute atomic E-state index is 12.4. The van der Waals surface area contributed by atoms with Gasteiger partial charge >= 0.3 is 0 Å². The van der Waals surface area contributed by atoms with E-state index in [0.717, 1.165) is 0 Å². The van der Waals surface area contributed by atoms with E-state index in [1.54, 1.807) is 30.3 Å². The van der Waals surface area contributed by atoms with Crippen LogP contribution in [0.25, 0.3) is 0 Å². The fourth-order valence-corrected chi connectivity index (χ4v) is 1.73. The van der Waals surface area contributed by atoms with Crippen LogP contribution >= 0.6 is 12.2 Å². The van der Waals surface area contributed by atoms with Crippen LogP contribution in [0.5, 0.6) is 0 Å². The monoisotopic (exact) mass is 281 g/mol. The number of aromatic nitrogens is 1. The van der Waals surface area contributed by atoms with Crippen molar-refractivity contribution < 1.29 is 9.53 Å². The molecule has 0 aliphatic rings. The van der Waals surface area contributed by atoms with E-state index in [1.807, 2.05) is 6.92 Å². The SMILES string of the molecule is COCCN(CCC(N)=S)C(=O)c1cccnc1C. The first-order chi connectivity index (χ1) is 9.06. The molecule has 0 unspecified atom stereocenters. The number of nitrogens with two attached hydrogens (primary N) is 1. The van der Waals surface area contributed by atoms with Gasteiger partial charge in [-0.1, -0.05) is 12.2 Å². The number of ether oxygens (including phenoxy) is 1. The molecule has 0 aliphatic carbocycles. The highest BCUT2D eigenvalue weighted by Gasteiger charge is 2.17. The minimum atomic E-state index is -0.0705. The van der Waals surface area contributed by atoms with Gasteiger partial charge in [0, 0.05) is 38.5 Å². The van der Waals surface area contributed by atoms with Gasteiger partial charge < -0.3 is 15.4 Å². The minimum Gasteiger partial charge on any atom is -0.393 e. The normalized spacial score (nSPS) is 10.2. The number of amides is 1. The molecule has 0 aromatic carbocycles. The van der Waals surface area contributed by atoms with Crippen molar-refractivity contribution >= 4 is 23.1 Å². The number of aryl methyl sites for hydroxylation is 1. The predicted octanol–water partition coefficient (Wildman–Crippen LogP) is 1.15. The number of hydrogen-bond donors (Lipinski definition) is 1. The Hall–Kier alpha value is -1.53. The molecule has 0 fully saturated rings. The second-order valence-electron chi connectivity index (χ2n) is 4.14. The van der Waals surface area contributed by atoms with Gasteiger partial charge in [0.1, 0.15) is 0 Å². The smallest absolute Gasteiger partial charge is 0.255 e. The molecular formula is C13H19N3O2S. The van der Waals surface area contributed by atoms with Crippen molar-refractivity contribution in [3.8, 4) is 0 Å². The van der Waals surface area contributed by atoms with E-state index in [1.165, 1.54) is 0 Å². The fourth-order valence-electron chi connectivity index (χ4n) is 1.64. The highest BCUT2D eigenvalue weighted by molar-refractivity contribution is 7.80. The molecule has 5 nitrogen and oxygen atoms in total. The third-order valence-electron chi connectivity index (χ3n) is 2.72. The predicted molar refractivity (Wildman–Crippen MR) is 78.2 cm³/mol. The van der Waals surface area contributed by atoms with Gasteiger partial charge in [-0.25, -0.2) is 0 Å². The Morgan fingerprint density at radius 2 is 2.26 bits per heavy atom. The third kappa shape index (κ3) is 4.92. The second-order valence-corrected chi connectivity index (χ2v) is 4.66. The van der Waals surface area contributed by atoms with Crippen LogP contribution in [0.3, 0.4) is 0 Å². The van der Waals surface area contributed by atoms with Gasteiger partial charge in [-0.05, 0) is 19.1 Å². The Morgan fingerprint density at radius 1 is 1.53 bits per heavy atom. The topological polar surface area (TPSA) is 68.5 Å². The summed E-state index contributed by atoms with van der Waals surface area (Å²) >= 11 is 4.85. The van der Waals surface area contributed by atoms with Crippen molar-refractivity contribution in [2.24, 2.45) is 5.73 Å². The molecule has 104 valence electrons. The summed E-state index contributed by atoms with van der Waals surface area (Å²) in [7, 11) is 1.60. The van der Waals surface area contributed by atoms with Crippen molar-refractivity contribution in [1.82, 2.24) is 9.88 Å². The molecule has 0 radical (unpaired) electrons. The molecule has 0 saturated heterocycles. The second kappa shape index (κ2) is 7.81. The van der Waals surface area contributed by atoms with Gasteiger partial charge in [-0.15, -0.1) is 0 Å². The fraction of sp³-hybridized carbons (Fsp3) is 0.462. The van der Waals surface area contributed by atoms with E-state index in [0.29, 0.717) is 42.4 Å². The van der Waals surface area contributed by atoms with E-state index in [-0.39, 0.29) is 5.91 Å². The van der Waals surface area contributed by atoms with Crippen LogP contribution in [0.4, 0.5) is 0 Å². The zero-order valence-electron chi connectivity index (χ0n) is 11.3. The van der Waals surface area contributed by atoms with Crippen LogP contribution in [0.1, 0.15) is 22.5 Å². The van der Waals surface area contributed by atoms with E-state index >= 15 is 0 Å². The van der Waals surface area contributed by atoms with Gasteiger partial charge in [0.2, 0.25) is 0 Å². The number of pyridine rings is 1. The van der Waals surface area contributed by atoms with E-state index in [2.05, 4.69) is 4.98 Å². The number of rotatable bonds is 7. The van der Waals surface area contributed by atoms with E-state index in [9.17, 15) is 4.79 Å². The van der Waals surface area contributed by atoms with Crippen molar-refractivity contribution in [1.29, 1.82) is 0 Å². The molecule has 0 aliphatic heterocycles. The molecule has 1 rings (SSSR count). The zero-order valence-corrected chi connectivity index (χ0v) is 12.1. The molecule has 2 N–H and O–H groups in total. The number of carbonyl (C=O) groups excluding carboxylic acids is 1. The summed E-state index contributed by atoms with van der Waals surface area (Å²) in [6.07, 6.45) is 2.17. The molecule has 6 heteroatoms. The Kier molecular flexibility index (Phi) is 6.38. The van der Waals surface area contributed by atoms with Crippen LogP contribution in [0.2, 0.25) is 0 Å². The highest BCUT2D eigenvalue weighted by Crippen LogP contribution is 2.09. The van der Waals surface area contributed by atoms with Crippen LogP contribution in [0, 0.1) is 6.92 Å². The quantitative estimate of drug-likeness (QED) is 0.759. The average molecular weight is 281 g/mol. The Morgan fingerprint density at radius 3 is 2.84 bits per heavy atom. The van der Waals surface area contributed by atoms with Gasteiger partial charge in [0.05, 0.1) is 17.2 Å². The molecule has 19 heavy (non-hydrogen) atoms. The summed E-state index contributed by atoms with van der Waals surface area (Å²) in [5.74, 6) is -0.0705. The first-order valence-electron chi connectivity index (χ1n) is 6.04. The summed E-state index contributed by atoms with van der Waals surface area (Å²) in [6.45, 7) is 3.29. The number of hydrogen-bond acceptors (Lipinski definition) is 4. The number of nitrogens with zero attached hydrogens (tertiary/aromatic N) is 2. The maximum Gasteiger partial charge on any atom is 0.255 e. The Labute approximate surface area is 118 Å². The van der Waals surface area contributed by atoms with Gasteiger partial charge in [-0.3, -0.25) is 9.78 Å². The molecule has 1 aromatic rings. The summed E-state index contributed by atoms with van der Waals surface area (Å²) in [5.41, 5.74) is 6.80. The van der Waals surface area contributed by atoms with Crippen molar-refractivity contribution in [3.05, 3.63) is 29.6 Å². The lowest BCUT2D eigenvalue weighted by Gasteiger charge is -2.22. The summed E-state index contributed by atoms with van der Waals surface area (Å²) in [4.78, 5) is 18.6. The standard InChI is InChI=1S/C13H19N3O2S/c1-10-11(4-3-6-15-10)13(17)16(8-9-18-2)7-5-12(14)19/h3-4,6H,5,7-9H2,1-2H3,(H2,14,19). The largest absolute Gasteiger partial charge is 0.393 e. The van der Waals surface area contributed by atoms with Crippen molar-refractivity contribution in [2.45, 2.75) is 13.3 Å². The summed E-state index contributed by atoms with van der Waals surface area (Å²) < 4.78 is 5.02. The summed E-state index contributed by atoms with van der Waals surface area (Å²) in [6, 6.07) is 3.52. The zero-order chi connectivity index (χ0) is 14.3. The molecule has 0 spiro atoms. The van der Waals surface area contributed by atoms with Crippen molar-refractivity contribution in [3.63, 3.8) is 0 Å². The van der Waals surface area contributed by atoms with Crippen molar-refractivity contribution in [2.75, 3.05) is 26.8 Å². The van der Waals surface area contributed by atoms with Gasteiger partial charge in [-0.2, -0.15) is 0 Å². The van der Waals surface area contributed by atoms with E-state index < -0.39 is 0 Å². The number of methoxy groups -OCH3 is 1. The number of thiocarbonyl (C=S) groups is 1. The van der Waals surface area contributed by atoms with Gasteiger partial charge in [0.15, 0.2) is 0 Å². The molecule has 0 atom stereocenters. The highest BCUT2D eigenvalue weighted by atomic mass is 32.1. The lowest BCUT2D eigenvalue weighted by Crippen LogP contribution is -2.36. The molecular weight excluding hydrogens is 262 g/mol. The maximum atomic E-state index is 12.4. The van der Waals surface area contributed by atoms with Crippen LogP contribution in [0.15, 0.2) is 18.3 Å². The molecule has 0 bridgehead atoms.